The standard InChI is InChI=1S/C13H17Cl2NO2/c1-9(6-7-17)16-13(18)5-3-10-2-4-11(14)8-12(10)15/h2,4,8-9,17H,3,5-7H2,1H3,(H,16,18). The van der Waals surface area contributed by atoms with E-state index in [-0.39, 0.29) is 18.6 Å². The number of hydrogen-bond donors (Lipinski definition) is 2. The van der Waals surface area contributed by atoms with Crippen LogP contribution in [0.4, 0.5) is 0 Å². The van der Waals surface area contributed by atoms with Crippen LogP contribution in [0, 0.1) is 0 Å². The molecule has 1 aromatic rings. The Morgan fingerprint density at radius 2 is 2.17 bits per heavy atom. The summed E-state index contributed by atoms with van der Waals surface area (Å²) < 4.78 is 0. The van der Waals surface area contributed by atoms with Crippen molar-refractivity contribution in [3.05, 3.63) is 33.8 Å². The molecule has 0 aliphatic rings. The number of benzene rings is 1. The normalized spacial score (nSPS) is 12.2. The van der Waals surface area contributed by atoms with E-state index >= 15 is 0 Å². The first-order chi connectivity index (χ1) is 8.52. The number of aliphatic hydroxyl groups is 1. The van der Waals surface area contributed by atoms with E-state index in [1.165, 1.54) is 0 Å². The van der Waals surface area contributed by atoms with Gasteiger partial charge in [-0.2, -0.15) is 0 Å². The van der Waals surface area contributed by atoms with Crippen molar-refractivity contribution in [1.29, 1.82) is 0 Å². The molecule has 0 aliphatic carbocycles. The highest BCUT2D eigenvalue weighted by Crippen LogP contribution is 2.21. The lowest BCUT2D eigenvalue weighted by atomic mass is 10.1. The van der Waals surface area contributed by atoms with Gasteiger partial charge in [0.2, 0.25) is 5.91 Å². The monoisotopic (exact) mass is 289 g/mol. The van der Waals surface area contributed by atoms with Crippen LogP contribution in [0.1, 0.15) is 25.3 Å². The van der Waals surface area contributed by atoms with E-state index in [2.05, 4.69) is 5.32 Å². The van der Waals surface area contributed by atoms with Gasteiger partial charge in [0, 0.05) is 29.1 Å². The molecule has 3 nitrogen and oxygen atoms in total. The zero-order valence-corrected chi connectivity index (χ0v) is 11.8. The Hall–Kier alpha value is -0.770. The average Bonchev–Trinajstić information content (AvgIpc) is 2.28. The van der Waals surface area contributed by atoms with Crippen LogP contribution in [-0.4, -0.2) is 23.7 Å². The second kappa shape index (κ2) is 7.62. The lowest BCUT2D eigenvalue weighted by Crippen LogP contribution is -2.33. The van der Waals surface area contributed by atoms with E-state index in [1.54, 1.807) is 12.1 Å². The van der Waals surface area contributed by atoms with Crippen LogP contribution in [0.3, 0.4) is 0 Å². The Kier molecular flexibility index (Phi) is 6.47. The Labute approximate surface area is 117 Å². The maximum atomic E-state index is 11.6. The first kappa shape index (κ1) is 15.3. The average molecular weight is 290 g/mol. The topological polar surface area (TPSA) is 49.3 Å². The summed E-state index contributed by atoms with van der Waals surface area (Å²) in [6.45, 7) is 1.94. The molecule has 0 heterocycles. The molecule has 0 radical (unpaired) electrons. The van der Waals surface area contributed by atoms with Crippen molar-refractivity contribution in [2.45, 2.75) is 32.2 Å². The van der Waals surface area contributed by atoms with Crippen LogP contribution >= 0.6 is 23.2 Å². The summed E-state index contributed by atoms with van der Waals surface area (Å²) in [5, 5.41) is 12.7. The zero-order valence-electron chi connectivity index (χ0n) is 10.2. The maximum Gasteiger partial charge on any atom is 0.220 e. The van der Waals surface area contributed by atoms with Gasteiger partial charge in [0.25, 0.3) is 0 Å². The molecule has 18 heavy (non-hydrogen) atoms. The maximum absolute atomic E-state index is 11.6. The molecule has 0 fully saturated rings. The third kappa shape index (κ3) is 5.25. The molecule has 0 bridgehead atoms. The van der Waals surface area contributed by atoms with Crippen LogP contribution in [0.15, 0.2) is 18.2 Å². The molecule has 1 rings (SSSR count). The molecule has 100 valence electrons. The molecular formula is C13H17Cl2NO2. The minimum Gasteiger partial charge on any atom is -0.396 e. The van der Waals surface area contributed by atoms with E-state index in [4.69, 9.17) is 28.3 Å². The summed E-state index contributed by atoms with van der Waals surface area (Å²) in [6, 6.07) is 5.25. The second-order valence-corrected chi connectivity index (χ2v) is 5.06. The van der Waals surface area contributed by atoms with E-state index in [0.29, 0.717) is 29.3 Å². The van der Waals surface area contributed by atoms with Gasteiger partial charge in [0.15, 0.2) is 0 Å². The minimum absolute atomic E-state index is 0.0109. The number of rotatable bonds is 6. The number of carbonyl (C=O) groups excluding carboxylic acids is 1. The molecule has 0 spiro atoms. The quantitative estimate of drug-likeness (QED) is 0.846. The summed E-state index contributed by atoms with van der Waals surface area (Å²) in [7, 11) is 0. The summed E-state index contributed by atoms with van der Waals surface area (Å²) in [4.78, 5) is 11.6. The zero-order chi connectivity index (χ0) is 13.5. The SMILES string of the molecule is CC(CCO)NC(=O)CCc1ccc(Cl)cc1Cl. The van der Waals surface area contributed by atoms with Gasteiger partial charge in [-0.15, -0.1) is 0 Å². The summed E-state index contributed by atoms with van der Waals surface area (Å²) in [5.41, 5.74) is 0.908. The van der Waals surface area contributed by atoms with Crippen molar-refractivity contribution in [2.24, 2.45) is 0 Å². The number of aryl methyl sites for hydroxylation is 1. The molecule has 1 unspecified atom stereocenters. The highest BCUT2D eigenvalue weighted by atomic mass is 35.5. The van der Waals surface area contributed by atoms with E-state index in [0.717, 1.165) is 5.56 Å². The molecule has 0 aliphatic heterocycles. The molecule has 0 saturated carbocycles. The fourth-order valence-electron chi connectivity index (χ4n) is 1.59. The van der Waals surface area contributed by atoms with Gasteiger partial charge in [-0.25, -0.2) is 0 Å². The first-order valence-electron chi connectivity index (χ1n) is 5.87. The Balaban J connectivity index is 2.42. The van der Waals surface area contributed by atoms with Gasteiger partial charge in [-0.3, -0.25) is 4.79 Å². The molecule has 0 saturated heterocycles. The smallest absolute Gasteiger partial charge is 0.220 e. The van der Waals surface area contributed by atoms with E-state index in [9.17, 15) is 4.79 Å². The molecule has 1 atom stereocenters. The highest BCUT2D eigenvalue weighted by Gasteiger charge is 2.08. The predicted octanol–water partition coefficient (Wildman–Crippen LogP) is 2.81. The lowest BCUT2D eigenvalue weighted by molar-refractivity contribution is -0.121. The van der Waals surface area contributed by atoms with Crippen molar-refractivity contribution in [2.75, 3.05) is 6.61 Å². The number of amides is 1. The number of halogens is 2. The molecule has 5 heteroatoms. The number of hydrogen-bond acceptors (Lipinski definition) is 2. The second-order valence-electron chi connectivity index (χ2n) is 4.22. The Morgan fingerprint density at radius 1 is 1.44 bits per heavy atom. The number of aliphatic hydroxyl groups excluding tert-OH is 1. The van der Waals surface area contributed by atoms with E-state index in [1.807, 2.05) is 13.0 Å². The Bertz CT molecular complexity index is 410. The number of nitrogens with one attached hydrogen (secondary N) is 1. The van der Waals surface area contributed by atoms with Crippen LogP contribution in [0.25, 0.3) is 0 Å². The first-order valence-corrected chi connectivity index (χ1v) is 6.62. The van der Waals surface area contributed by atoms with Crippen LogP contribution in [0.5, 0.6) is 0 Å². The molecule has 2 N–H and O–H groups in total. The minimum atomic E-state index is -0.0398. The van der Waals surface area contributed by atoms with Gasteiger partial charge in [0.05, 0.1) is 0 Å². The van der Waals surface area contributed by atoms with Gasteiger partial charge in [0.1, 0.15) is 0 Å². The Morgan fingerprint density at radius 3 is 2.78 bits per heavy atom. The fourth-order valence-corrected chi connectivity index (χ4v) is 2.09. The van der Waals surface area contributed by atoms with Crippen molar-refractivity contribution < 1.29 is 9.90 Å². The molecule has 1 aromatic carbocycles. The van der Waals surface area contributed by atoms with E-state index < -0.39 is 0 Å². The molecule has 1 amide bonds. The van der Waals surface area contributed by atoms with Crippen LogP contribution in [-0.2, 0) is 11.2 Å². The van der Waals surface area contributed by atoms with Gasteiger partial charge in [-0.1, -0.05) is 29.3 Å². The van der Waals surface area contributed by atoms with Crippen LogP contribution < -0.4 is 5.32 Å². The lowest BCUT2D eigenvalue weighted by Gasteiger charge is -2.12. The van der Waals surface area contributed by atoms with Crippen molar-refractivity contribution in [1.82, 2.24) is 5.32 Å². The summed E-state index contributed by atoms with van der Waals surface area (Å²) in [5.74, 6) is -0.0398. The van der Waals surface area contributed by atoms with Crippen LogP contribution in [0.2, 0.25) is 10.0 Å². The summed E-state index contributed by atoms with van der Waals surface area (Å²) >= 11 is 11.8. The highest BCUT2D eigenvalue weighted by molar-refractivity contribution is 6.35. The van der Waals surface area contributed by atoms with Crippen molar-refractivity contribution >= 4 is 29.1 Å². The molecule has 0 aromatic heterocycles. The summed E-state index contributed by atoms with van der Waals surface area (Å²) in [6.07, 6.45) is 1.51. The largest absolute Gasteiger partial charge is 0.396 e. The van der Waals surface area contributed by atoms with Gasteiger partial charge < -0.3 is 10.4 Å². The molecular weight excluding hydrogens is 273 g/mol. The van der Waals surface area contributed by atoms with Crippen molar-refractivity contribution in [3.63, 3.8) is 0 Å². The van der Waals surface area contributed by atoms with Crippen molar-refractivity contribution in [3.8, 4) is 0 Å². The van der Waals surface area contributed by atoms with Gasteiger partial charge >= 0.3 is 0 Å². The predicted molar refractivity (Wildman–Crippen MR) is 74.1 cm³/mol. The third-order valence-corrected chi connectivity index (χ3v) is 3.19. The fraction of sp³-hybridized carbons (Fsp3) is 0.462. The van der Waals surface area contributed by atoms with Gasteiger partial charge in [-0.05, 0) is 37.5 Å². The third-order valence-electron chi connectivity index (χ3n) is 2.61. The number of carbonyl (C=O) groups is 1.